The predicted octanol–water partition coefficient (Wildman–Crippen LogP) is 6.44. The maximum absolute atomic E-state index is 12.5. The van der Waals surface area contributed by atoms with Crippen LogP contribution in [0, 0.1) is 5.41 Å². The van der Waals surface area contributed by atoms with Crippen molar-refractivity contribution >= 4 is 5.78 Å². The molecule has 2 heteroatoms. The Balaban J connectivity index is 4.69. The van der Waals surface area contributed by atoms with Crippen molar-refractivity contribution in [3.8, 4) is 0 Å². The Hall–Kier alpha value is -0.370. The number of aliphatic hydroxyl groups is 1. The van der Waals surface area contributed by atoms with Crippen LogP contribution in [0.2, 0.25) is 0 Å². The molecule has 23 heavy (non-hydrogen) atoms. The summed E-state index contributed by atoms with van der Waals surface area (Å²) in [5.74, 6) is 0.348. The predicted molar refractivity (Wildman–Crippen MR) is 101 cm³/mol. The normalized spacial score (nSPS) is 16.8. The monoisotopic (exact) mass is 326 g/mol. The van der Waals surface area contributed by atoms with Crippen molar-refractivity contribution in [2.75, 3.05) is 0 Å². The van der Waals surface area contributed by atoms with Crippen LogP contribution in [0.5, 0.6) is 0 Å². The van der Waals surface area contributed by atoms with Crippen LogP contribution in [0.3, 0.4) is 0 Å². The molecule has 0 aromatic heterocycles. The van der Waals surface area contributed by atoms with Crippen molar-refractivity contribution in [2.45, 2.75) is 124 Å². The zero-order valence-electron chi connectivity index (χ0n) is 16.5. The number of hydrogen-bond acceptors (Lipinski definition) is 2. The second-order valence-corrected chi connectivity index (χ2v) is 7.68. The molecule has 0 aromatic rings. The lowest BCUT2D eigenvalue weighted by Crippen LogP contribution is -2.47. The molecule has 0 bridgehead atoms. The lowest BCUT2D eigenvalue weighted by atomic mass is 9.64. The van der Waals surface area contributed by atoms with Gasteiger partial charge in [-0.15, -0.1) is 0 Å². The van der Waals surface area contributed by atoms with Gasteiger partial charge >= 0.3 is 0 Å². The molecule has 1 N–H and O–H groups in total. The molecule has 0 radical (unpaired) electrons. The third-order valence-corrected chi connectivity index (χ3v) is 5.60. The van der Waals surface area contributed by atoms with Crippen LogP contribution >= 0.6 is 0 Å². The van der Waals surface area contributed by atoms with Crippen LogP contribution < -0.4 is 0 Å². The average molecular weight is 327 g/mol. The van der Waals surface area contributed by atoms with Crippen LogP contribution in [-0.2, 0) is 4.79 Å². The molecule has 0 saturated heterocycles. The first-order valence-corrected chi connectivity index (χ1v) is 10.1. The fourth-order valence-corrected chi connectivity index (χ4v) is 3.86. The van der Waals surface area contributed by atoms with E-state index >= 15 is 0 Å². The first kappa shape index (κ1) is 22.6. The van der Waals surface area contributed by atoms with Crippen molar-refractivity contribution in [2.24, 2.45) is 5.41 Å². The van der Waals surface area contributed by atoms with Gasteiger partial charge in [0.05, 0.1) is 5.60 Å². The van der Waals surface area contributed by atoms with Gasteiger partial charge in [0.25, 0.3) is 0 Å². The Labute approximate surface area is 145 Å². The third kappa shape index (κ3) is 7.83. The molecule has 138 valence electrons. The minimum atomic E-state index is -0.698. The molecule has 0 heterocycles. The number of hydrogen-bond donors (Lipinski definition) is 1. The summed E-state index contributed by atoms with van der Waals surface area (Å²) in [5, 5.41) is 11.2. The molecule has 0 aliphatic heterocycles. The highest BCUT2D eigenvalue weighted by molar-refractivity contribution is 5.79. The molecule has 0 spiro atoms. The van der Waals surface area contributed by atoms with Gasteiger partial charge in [-0.25, -0.2) is 0 Å². The summed E-state index contributed by atoms with van der Waals surface area (Å²) in [5.41, 5.74) is -0.969. The molecule has 0 aliphatic rings. The highest BCUT2D eigenvalue weighted by Gasteiger charge is 2.45. The number of Topliss-reactive ketones (excluding diaryl/α,β-unsaturated/α-hetero) is 1. The van der Waals surface area contributed by atoms with E-state index in [1.54, 1.807) is 0 Å². The maximum Gasteiger partial charge on any atom is 0.133 e. The van der Waals surface area contributed by atoms with Crippen LogP contribution in [0.25, 0.3) is 0 Å². The van der Waals surface area contributed by atoms with Gasteiger partial charge in [0.1, 0.15) is 5.78 Å². The summed E-state index contributed by atoms with van der Waals surface area (Å²) in [6.07, 6.45) is 12.8. The quantitative estimate of drug-likeness (QED) is 0.351. The lowest BCUT2D eigenvalue weighted by molar-refractivity contribution is -0.133. The van der Waals surface area contributed by atoms with E-state index in [2.05, 4.69) is 34.6 Å². The van der Waals surface area contributed by atoms with E-state index in [9.17, 15) is 9.90 Å². The topological polar surface area (TPSA) is 37.3 Å². The first-order chi connectivity index (χ1) is 10.9. The van der Waals surface area contributed by atoms with Gasteiger partial charge in [0, 0.05) is 18.3 Å². The second kappa shape index (κ2) is 12.1. The smallest absolute Gasteiger partial charge is 0.133 e. The van der Waals surface area contributed by atoms with Gasteiger partial charge in [-0.05, 0) is 25.7 Å². The molecule has 0 aliphatic carbocycles. The fraction of sp³-hybridized carbons (Fsp3) is 0.952. The van der Waals surface area contributed by atoms with Crippen molar-refractivity contribution in [1.82, 2.24) is 0 Å². The molecule has 2 nitrogen and oxygen atoms in total. The van der Waals surface area contributed by atoms with E-state index in [0.717, 1.165) is 51.4 Å². The van der Waals surface area contributed by atoms with Crippen LogP contribution in [0.4, 0.5) is 0 Å². The van der Waals surface area contributed by atoms with Crippen LogP contribution in [-0.4, -0.2) is 16.5 Å². The molecular formula is C21H42O2. The highest BCUT2D eigenvalue weighted by Crippen LogP contribution is 2.45. The molecular weight excluding hydrogens is 284 g/mol. The molecule has 2 unspecified atom stereocenters. The average Bonchev–Trinajstić information content (AvgIpc) is 2.52. The standard InChI is InChI=1S/C21H42O2/c1-6-10-12-13-14-15-19(22)18-20(5,16-8-3)21(23,9-4)17-11-7-2/h23H,6-18H2,1-5H3. The SMILES string of the molecule is CCCCCCCC(=O)CC(C)(CCC)C(O)(CC)CCCC. The van der Waals surface area contributed by atoms with Crippen molar-refractivity contribution in [3.05, 3.63) is 0 Å². The van der Waals surface area contributed by atoms with Gasteiger partial charge in [0.15, 0.2) is 0 Å². The van der Waals surface area contributed by atoms with Gasteiger partial charge in [-0.1, -0.05) is 79.6 Å². The third-order valence-electron chi connectivity index (χ3n) is 5.60. The summed E-state index contributed by atoms with van der Waals surface area (Å²) in [4.78, 5) is 12.5. The van der Waals surface area contributed by atoms with Gasteiger partial charge in [-0.2, -0.15) is 0 Å². The summed E-state index contributed by atoms with van der Waals surface area (Å²) >= 11 is 0. The zero-order chi connectivity index (χ0) is 17.8. The van der Waals surface area contributed by atoms with Gasteiger partial charge < -0.3 is 5.11 Å². The van der Waals surface area contributed by atoms with Crippen LogP contribution in [0.15, 0.2) is 0 Å². The fourth-order valence-electron chi connectivity index (χ4n) is 3.86. The van der Waals surface area contributed by atoms with Crippen molar-refractivity contribution < 1.29 is 9.90 Å². The van der Waals surface area contributed by atoms with E-state index in [0.29, 0.717) is 18.6 Å². The Morgan fingerprint density at radius 3 is 1.96 bits per heavy atom. The Morgan fingerprint density at radius 2 is 1.43 bits per heavy atom. The maximum atomic E-state index is 12.5. The first-order valence-electron chi connectivity index (χ1n) is 10.1. The largest absolute Gasteiger partial charge is 0.389 e. The molecule has 2 atom stereocenters. The van der Waals surface area contributed by atoms with E-state index in [4.69, 9.17) is 0 Å². The summed E-state index contributed by atoms with van der Waals surface area (Å²) in [7, 11) is 0. The van der Waals surface area contributed by atoms with Crippen LogP contribution in [0.1, 0.15) is 118 Å². The van der Waals surface area contributed by atoms with E-state index in [1.165, 1.54) is 19.3 Å². The molecule has 0 fully saturated rings. The molecule has 0 amide bonds. The van der Waals surface area contributed by atoms with Gasteiger partial charge in [0.2, 0.25) is 0 Å². The number of unbranched alkanes of at least 4 members (excludes halogenated alkanes) is 5. The van der Waals surface area contributed by atoms with E-state index in [1.807, 2.05) is 0 Å². The zero-order valence-corrected chi connectivity index (χ0v) is 16.5. The van der Waals surface area contributed by atoms with Crippen molar-refractivity contribution in [1.29, 1.82) is 0 Å². The number of carbonyl (C=O) groups is 1. The number of ketones is 1. The molecule has 0 rings (SSSR count). The minimum absolute atomic E-state index is 0.272. The van der Waals surface area contributed by atoms with Gasteiger partial charge in [-0.3, -0.25) is 4.79 Å². The molecule has 0 saturated carbocycles. The van der Waals surface area contributed by atoms with Crippen molar-refractivity contribution in [3.63, 3.8) is 0 Å². The summed E-state index contributed by atoms with van der Waals surface area (Å²) < 4.78 is 0. The number of rotatable bonds is 15. The second-order valence-electron chi connectivity index (χ2n) is 7.68. The Kier molecular flexibility index (Phi) is 11.9. The molecule has 0 aromatic carbocycles. The number of carbonyl (C=O) groups excluding carboxylic acids is 1. The lowest BCUT2D eigenvalue weighted by Gasteiger charge is -2.45. The Bertz CT molecular complexity index is 313. The highest BCUT2D eigenvalue weighted by atomic mass is 16.3. The minimum Gasteiger partial charge on any atom is -0.389 e. The summed E-state index contributed by atoms with van der Waals surface area (Å²) in [6, 6.07) is 0. The Morgan fingerprint density at radius 1 is 0.826 bits per heavy atom. The van der Waals surface area contributed by atoms with E-state index < -0.39 is 5.60 Å². The summed E-state index contributed by atoms with van der Waals surface area (Å²) in [6.45, 7) is 10.7. The van der Waals surface area contributed by atoms with E-state index in [-0.39, 0.29) is 5.41 Å².